The number of hydrogen-bond donors (Lipinski definition) is 2. The van der Waals surface area contributed by atoms with Crippen molar-refractivity contribution >= 4 is 15.7 Å². The molecule has 100 valence electrons. The van der Waals surface area contributed by atoms with Gasteiger partial charge in [0.2, 0.25) is 10.0 Å². The van der Waals surface area contributed by atoms with E-state index < -0.39 is 10.0 Å². The van der Waals surface area contributed by atoms with Crippen LogP contribution in [0.15, 0.2) is 23.1 Å². The fourth-order valence-corrected chi connectivity index (χ4v) is 3.86. The van der Waals surface area contributed by atoms with Crippen LogP contribution in [0.2, 0.25) is 0 Å². The molecule has 1 aliphatic carbocycles. The van der Waals surface area contributed by atoms with E-state index in [1.807, 2.05) is 0 Å². The van der Waals surface area contributed by atoms with E-state index in [2.05, 4.69) is 11.6 Å². The van der Waals surface area contributed by atoms with E-state index in [0.29, 0.717) is 22.1 Å². The highest BCUT2D eigenvalue weighted by molar-refractivity contribution is 7.89. The first-order chi connectivity index (χ1) is 8.45. The molecule has 0 bridgehead atoms. The lowest BCUT2D eigenvalue weighted by molar-refractivity contribution is 0.572. The summed E-state index contributed by atoms with van der Waals surface area (Å²) in [5.74, 6) is 0.506. The van der Waals surface area contributed by atoms with E-state index in [-0.39, 0.29) is 6.04 Å². The number of anilines is 1. The predicted molar refractivity (Wildman–Crippen MR) is 72.7 cm³/mol. The Hall–Kier alpha value is -1.07. The summed E-state index contributed by atoms with van der Waals surface area (Å²) in [7, 11) is -3.43. The number of nitrogens with two attached hydrogens (primary N) is 1. The normalized spacial score (nSPS) is 23.0. The van der Waals surface area contributed by atoms with Crippen molar-refractivity contribution in [2.75, 3.05) is 5.73 Å². The van der Waals surface area contributed by atoms with Crippen molar-refractivity contribution in [1.82, 2.24) is 4.72 Å². The maximum absolute atomic E-state index is 12.2. The molecule has 2 atom stereocenters. The van der Waals surface area contributed by atoms with Crippen molar-refractivity contribution in [2.24, 2.45) is 5.92 Å². The molecule has 2 rings (SSSR count). The van der Waals surface area contributed by atoms with Gasteiger partial charge in [-0.05, 0) is 43.4 Å². The minimum Gasteiger partial charge on any atom is -0.398 e. The maximum atomic E-state index is 12.2. The van der Waals surface area contributed by atoms with Crippen LogP contribution in [0.1, 0.15) is 31.7 Å². The molecule has 1 fully saturated rings. The monoisotopic (exact) mass is 268 g/mol. The van der Waals surface area contributed by atoms with Crippen molar-refractivity contribution < 1.29 is 8.42 Å². The van der Waals surface area contributed by atoms with Gasteiger partial charge in [-0.15, -0.1) is 0 Å². The predicted octanol–water partition coefficient (Wildman–Crippen LogP) is 2.04. The molecule has 3 N–H and O–H groups in total. The minimum absolute atomic E-state index is 0.107. The lowest BCUT2D eigenvalue weighted by Gasteiger charge is -2.10. The van der Waals surface area contributed by atoms with E-state index in [4.69, 9.17) is 5.73 Å². The maximum Gasteiger partial charge on any atom is 0.241 e. The molecule has 0 aliphatic heterocycles. The Morgan fingerprint density at radius 2 is 2.17 bits per heavy atom. The van der Waals surface area contributed by atoms with Crippen molar-refractivity contribution in [3.63, 3.8) is 0 Å². The summed E-state index contributed by atoms with van der Waals surface area (Å²) in [4.78, 5) is 0.296. The van der Waals surface area contributed by atoms with Gasteiger partial charge in [-0.1, -0.05) is 19.4 Å². The van der Waals surface area contributed by atoms with Crippen LogP contribution in [0.4, 0.5) is 5.69 Å². The molecule has 18 heavy (non-hydrogen) atoms. The first kappa shape index (κ1) is 13.4. The lowest BCUT2D eigenvalue weighted by atomic mass is 10.2. The molecule has 1 aromatic rings. The summed E-state index contributed by atoms with van der Waals surface area (Å²) < 4.78 is 27.2. The molecule has 0 amide bonds. The largest absolute Gasteiger partial charge is 0.398 e. The lowest BCUT2D eigenvalue weighted by Crippen LogP contribution is -2.27. The third-order valence-electron chi connectivity index (χ3n) is 3.50. The Labute approximate surface area is 109 Å². The average molecular weight is 268 g/mol. The smallest absolute Gasteiger partial charge is 0.241 e. The van der Waals surface area contributed by atoms with Crippen molar-refractivity contribution in [3.05, 3.63) is 23.8 Å². The molecule has 0 aromatic heterocycles. The van der Waals surface area contributed by atoms with E-state index in [0.717, 1.165) is 19.3 Å². The molecule has 1 aliphatic rings. The Bertz CT molecular complexity index is 540. The second-order valence-electron chi connectivity index (χ2n) is 4.98. The van der Waals surface area contributed by atoms with Crippen molar-refractivity contribution in [3.8, 4) is 0 Å². The van der Waals surface area contributed by atoms with Gasteiger partial charge in [-0.25, -0.2) is 13.1 Å². The molecule has 1 aromatic carbocycles. The minimum atomic E-state index is -3.43. The van der Waals surface area contributed by atoms with Gasteiger partial charge < -0.3 is 5.73 Å². The van der Waals surface area contributed by atoms with E-state index >= 15 is 0 Å². The van der Waals surface area contributed by atoms with Gasteiger partial charge in [0, 0.05) is 11.7 Å². The van der Waals surface area contributed by atoms with Crippen molar-refractivity contribution in [1.29, 1.82) is 0 Å². The summed E-state index contributed by atoms with van der Waals surface area (Å²) in [5, 5.41) is 0. The molecular weight excluding hydrogens is 248 g/mol. The second kappa shape index (κ2) is 4.90. The van der Waals surface area contributed by atoms with Crippen LogP contribution in [0.3, 0.4) is 0 Å². The standard InChI is InChI=1S/C13H20N2O2S/c1-3-5-10-8-12(10)15-18(16,17)13-7-4-6-11(14)9(13)2/h4,6-7,10,12,15H,3,5,8,14H2,1-2H3. The van der Waals surface area contributed by atoms with E-state index in [9.17, 15) is 8.42 Å². The molecule has 5 heteroatoms. The zero-order valence-corrected chi connectivity index (χ0v) is 11.6. The van der Waals surface area contributed by atoms with Crippen LogP contribution in [0.25, 0.3) is 0 Å². The highest BCUT2D eigenvalue weighted by atomic mass is 32.2. The SMILES string of the molecule is CCCC1CC1NS(=O)(=O)c1cccc(N)c1C. The van der Waals surface area contributed by atoms with Gasteiger partial charge in [0.15, 0.2) is 0 Å². The molecule has 0 radical (unpaired) electrons. The van der Waals surface area contributed by atoms with Gasteiger partial charge in [0.1, 0.15) is 0 Å². The fourth-order valence-electron chi connectivity index (χ4n) is 2.27. The molecule has 4 nitrogen and oxygen atoms in total. The summed E-state index contributed by atoms with van der Waals surface area (Å²) in [5.41, 5.74) is 6.88. The topological polar surface area (TPSA) is 72.2 Å². The first-order valence-corrected chi connectivity index (χ1v) is 7.81. The number of hydrogen-bond acceptors (Lipinski definition) is 3. The molecule has 2 unspecified atom stereocenters. The Morgan fingerprint density at radius 1 is 1.44 bits per heavy atom. The van der Waals surface area contributed by atoms with Crippen LogP contribution >= 0.6 is 0 Å². The van der Waals surface area contributed by atoms with Gasteiger partial charge >= 0.3 is 0 Å². The number of nitrogen functional groups attached to an aromatic ring is 1. The van der Waals surface area contributed by atoms with Gasteiger partial charge in [-0.3, -0.25) is 0 Å². The first-order valence-electron chi connectivity index (χ1n) is 6.33. The van der Waals surface area contributed by atoms with Crippen LogP contribution in [-0.2, 0) is 10.0 Å². The Morgan fingerprint density at radius 3 is 2.83 bits per heavy atom. The van der Waals surface area contributed by atoms with E-state index in [1.54, 1.807) is 25.1 Å². The van der Waals surface area contributed by atoms with Crippen LogP contribution in [0.5, 0.6) is 0 Å². The highest BCUT2D eigenvalue weighted by Crippen LogP contribution is 2.36. The number of benzene rings is 1. The molecular formula is C13H20N2O2S. The third kappa shape index (κ3) is 2.67. The highest BCUT2D eigenvalue weighted by Gasteiger charge is 2.39. The number of nitrogens with one attached hydrogen (secondary N) is 1. The Kier molecular flexibility index (Phi) is 3.64. The third-order valence-corrected chi connectivity index (χ3v) is 5.14. The quantitative estimate of drug-likeness (QED) is 0.803. The van der Waals surface area contributed by atoms with Gasteiger partial charge in [0.05, 0.1) is 4.90 Å². The van der Waals surface area contributed by atoms with Crippen molar-refractivity contribution in [2.45, 2.75) is 44.0 Å². The Balaban J connectivity index is 2.15. The summed E-state index contributed by atoms with van der Waals surface area (Å²) in [6.45, 7) is 3.85. The van der Waals surface area contributed by atoms with Gasteiger partial charge in [-0.2, -0.15) is 0 Å². The van der Waals surface area contributed by atoms with Gasteiger partial charge in [0.25, 0.3) is 0 Å². The second-order valence-corrected chi connectivity index (χ2v) is 6.67. The number of rotatable bonds is 5. The van der Waals surface area contributed by atoms with Crippen LogP contribution < -0.4 is 10.5 Å². The summed E-state index contributed by atoms with van der Waals surface area (Å²) in [6.07, 6.45) is 3.14. The zero-order valence-electron chi connectivity index (χ0n) is 10.8. The number of sulfonamides is 1. The molecule has 0 saturated heterocycles. The molecule has 1 saturated carbocycles. The van der Waals surface area contributed by atoms with E-state index in [1.165, 1.54) is 0 Å². The molecule has 0 heterocycles. The summed E-state index contributed by atoms with van der Waals surface area (Å²) >= 11 is 0. The molecule has 0 spiro atoms. The summed E-state index contributed by atoms with van der Waals surface area (Å²) in [6, 6.07) is 5.10. The fraction of sp³-hybridized carbons (Fsp3) is 0.538. The average Bonchev–Trinajstić information content (AvgIpc) is 3.00. The van der Waals surface area contributed by atoms with Crippen LogP contribution in [0, 0.1) is 12.8 Å². The van der Waals surface area contributed by atoms with Crippen LogP contribution in [-0.4, -0.2) is 14.5 Å². The zero-order chi connectivity index (χ0) is 13.3.